The number of carbonyl (C=O) groups is 3. The molecule has 0 spiro atoms. The van der Waals surface area contributed by atoms with Crippen LogP contribution >= 0.6 is 11.3 Å². The summed E-state index contributed by atoms with van der Waals surface area (Å²) in [6, 6.07) is 18.2. The fourth-order valence-electron chi connectivity index (χ4n) is 4.80. The van der Waals surface area contributed by atoms with Crippen molar-refractivity contribution in [1.29, 1.82) is 0 Å². The molecule has 9 nitrogen and oxygen atoms in total. The van der Waals surface area contributed by atoms with Gasteiger partial charge < -0.3 is 19.3 Å². The van der Waals surface area contributed by atoms with E-state index in [0.29, 0.717) is 29.4 Å². The molecular weight excluding hydrogens is 599 g/mol. The molecule has 0 saturated carbocycles. The zero-order valence-corrected chi connectivity index (χ0v) is 25.3. The molecule has 1 amide bonds. The van der Waals surface area contributed by atoms with Gasteiger partial charge in [-0.1, -0.05) is 60.4 Å². The lowest BCUT2D eigenvalue weighted by atomic mass is 9.95. The van der Waals surface area contributed by atoms with Crippen molar-refractivity contribution in [3.8, 4) is 11.5 Å². The Morgan fingerprint density at radius 3 is 2.49 bits per heavy atom. The molecule has 1 aliphatic heterocycles. The fraction of sp³-hybridized carbons (Fsp3) is 0.176. The Morgan fingerprint density at radius 1 is 1.07 bits per heavy atom. The monoisotopic (exact) mass is 628 g/mol. The number of hydrogen-bond acceptors (Lipinski definition) is 9. The van der Waals surface area contributed by atoms with E-state index in [1.54, 1.807) is 32.0 Å². The van der Waals surface area contributed by atoms with E-state index in [9.17, 15) is 23.9 Å². The molecule has 4 aromatic rings. The predicted octanol–water partition coefficient (Wildman–Crippen LogP) is 6.54. The molecule has 1 aromatic heterocycles. The first-order valence-corrected chi connectivity index (χ1v) is 14.8. The summed E-state index contributed by atoms with van der Waals surface area (Å²) in [5.41, 5.74) is 1.53. The Bertz CT molecular complexity index is 1780. The molecular formula is C34H29FN2O7S. The molecule has 0 bridgehead atoms. The standard InChI is InChI=1S/C34H29FN2O7S/c1-4-17-43-33(41)31-20(3)36-34(45-31)37-28(27(30(39)32(37)40)29(38)22-11-14-24(35)15-12-22)23-13-16-25(26(18-23)42-5-2)44-19-21-9-7-6-8-10-21/h4,6-16,18,28,38H,1,5,17,19H2,2-3H3. The highest BCUT2D eigenvalue weighted by molar-refractivity contribution is 7.17. The number of ether oxygens (including phenoxy) is 3. The van der Waals surface area contributed by atoms with Crippen LogP contribution < -0.4 is 14.4 Å². The highest BCUT2D eigenvalue weighted by Crippen LogP contribution is 2.45. The lowest BCUT2D eigenvalue weighted by molar-refractivity contribution is -0.132. The molecule has 2 heterocycles. The minimum atomic E-state index is -1.18. The van der Waals surface area contributed by atoms with Gasteiger partial charge in [0.15, 0.2) is 16.6 Å². The summed E-state index contributed by atoms with van der Waals surface area (Å²) in [4.78, 5) is 45.6. The van der Waals surface area contributed by atoms with Crippen molar-refractivity contribution < 1.29 is 38.1 Å². The number of aliphatic hydroxyl groups is 1. The number of ketones is 1. The molecule has 230 valence electrons. The van der Waals surface area contributed by atoms with E-state index < -0.39 is 35.3 Å². The van der Waals surface area contributed by atoms with Gasteiger partial charge in [0.1, 0.15) is 29.7 Å². The molecule has 1 unspecified atom stereocenters. The summed E-state index contributed by atoms with van der Waals surface area (Å²) < 4.78 is 30.8. The molecule has 1 N–H and O–H groups in total. The van der Waals surface area contributed by atoms with Crippen molar-refractivity contribution in [2.45, 2.75) is 26.5 Å². The number of halogens is 1. The number of esters is 1. The minimum absolute atomic E-state index is 0.0212. The van der Waals surface area contributed by atoms with Crippen LogP contribution in [0.4, 0.5) is 9.52 Å². The van der Waals surface area contributed by atoms with Crippen LogP contribution in [0.5, 0.6) is 11.5 Å². The number of thiazole rings is 1. The molecule has 0 aliphatic carbocycles. The van der Waals surface area contributed by atoms with Crippen LogP contribution in [0.3, 0.4) is 0 Å². The number of aryl methyl sites for hydroxylation is 1. The quantitative estimate of drug-likeness (QED) is 0.0655. The van der Waals surface area contributed by atoms with Crippen molar-refractivity contribution in [3.05, 3.63) is 124 Å². The summed E-state index contributed by atoms with van der Waals surface area (Å²) in [7, 11) is 0. The summed E-state index contributed by atoms with van der Waals surface area (Å²) in [6.07, 6.45) is 1.42. The first-order chi connectivity index (χ1) is 21.7. The smallest absolute Gasteiger partial charge is 0.350 e. The van der Waals surface area contributed by atoms with Crippen molar-refractivity contribution in [2.75, 3.05) is 18.1 Å². The zero-order chi connectivity index (χ0) is 32.1. The fourth-order valence-corrected chi connectivity index (χ4v) is 5.79. The number of aromatic nitrogens is 1. The Balaban J connectivity index is 1.63. The number of hydrogen-bond donors (Lipinski definition) is 1. The second kappa shape index (κ2) is 13.6. The average Bonchev–Trinajstić information content (AvgIpc) is 3.55. The van der Waals surface area contributed by atoms with E-state index in [1.807, 2.05) is 30.3 Å². The van der Waals surface area contributed by atoms with Gasteiger partial charge in [0.05, 0.1) is 23.9 Å². The number of anilines is 1. The first kappa shape index (κ1) is 31.1. The SMILES string of the molecule is C=CCOC(=O)c1sc(N2C(=O)C(=O)C(=C(O)c3ccc(F)cc3)C2c2ccc(OCc3ccccc3)c(OCC)c2)nc1C. The van der Waals surface area contributed by atoms with Gasteiger partial charge in [0, 0.05) is 5.56 Å². The van der Waals surface area contributed by atoms with E-state index in [4.69, 9.17) is 14.2 Å². The number of rotatable bonds is 11. The maximum Gasteiger partial charge on any atom is 0.350 e. The molecule has 1 atom stereocenters. The molecule has 3 aromatic carbocycles. The Labute approximate surface area is 262 Å². The lowest BCUT2D eigenvalue weighted by Gasteiger charge is -2.24. The largest absolute Gasteiger partial charge is 0.507 e. The normalized spacial score (nSPS) is 15.6. The van der Waals surface area contributed by atoms with Gasteiger partial charge in [-0.2, -0.15) is 0 Å². The number of aliphatic hydroxyl groups excluding tert-OH is 1. The maximum absolute atomic E-state index is 13.7. The zero-order valence-electron chi connectivity index (χ0n) is 24.5. The van der Waals surface area contributed by atoms with Crippen molar-refractivity contribution >= 4 is 39.9 Å². The highest BCUT2D eigenvalue weighted by Gasteiger charge is 2.48. The van der Waals surface area contributed by atoms with E-state index in [1.165, 1.54) is 18.2 Å². The Morgan fingerprint density at radius 2 is 1.80 bits per heavy atom. The van der Waals surface area contributed by atoms with Crippen LogP contribution in [0, 0.1) is 12.7 Å². The third-order valence-electron chi connectivity index (χ3n) is 6.89. The molecule has 1 saturated heterocycles. The molecule has 1 fully saturated rings. The van der Waals surface area contributed by atoms with Crippen LogP contribution in [0.25, 0.3) is 5.76 Å². The number of benzene rings is 3. The van der Waals surface area contributed by atoms with Crippen LogP contribution in [0.2, 0.25) is 0 Å². The topological polar surface area (TPSA) is 115 Å². The summed E-state index contributed by atoms with van der Waals surface area (Å²) in [6.45, 7) is 7.47. The summed E-state index contributed by atoms with van der Waals surface area (Å²) in [5.74, 6) is -2.86. The minimum Gasteiger partial charge on any atom is -0.507 e. The molecule has 45 heavy (non-hydrogen) atoms. The van der Waals surface area contributed by atoms with Gasteiger partial charge in [-0.15, -0.1) is 0 Å². The molecule has 5 rings (SSSR count). The third kappa shape index (κ3) is 6.48. The van der Waals surface area contributed by atoms with Crippen molar-refractivity contribution in [3.63, 3.8) is 0 Å². The van der Waals surface area contributed by atoms with Crippen molar-refractivity contribution in [2.24, 2.45) is 0 Å². The number of Topliss-reactive ketones (excluding diaryl/α,β-unsaturated/α-hetero) is 1. The number of carbonyl (C=O) groups excluding carboxylic acids is 3. The van der Waals surface area contributed by atoms with Gasteiger partial charge >= 0.3 is 11.9 Å². The Hall–Kier alpha value is -5.29. The maximum atomic E-state index is 13.7. The average molecular weight is 629 g/mol. The van der Waals surface area contributed by atoms with Gasteiger partial charge in [-0.25, -0.2) is 14.2 Å². The second-order valence-corrected chi connectivity index (χ2v) is 10.9. The van der Waals surface area contributed by atoms with Gasteiger partial charge in [-0.3, -0.25) is 14.5 Å². The molecule has 11 heteroatoms. The van der Waals surface area contributed by atoms with E-state index in [0.717, 1.165) is 33.9 Å². The van der Waals surface area contributed by atoms with E-state index in [-0.39, 0.29) is 34.4 Å². The molecule has 0 radical (unpaired) electrons. The van der Waals surface area contributed by atoms with Gasteiger partial charge in [0.2, 0.25) is 0 Å². The predicted molar refractivity (Wildman–Crippen MR) is 167 cm³/mol. The lowest BCUT2D eigenvalue weighted by Crippen LogP contribution is -2.29. The third-order valence-corrected chi connectivity index (χ3v) is 8.03. The Kier molecular flexibility index (Phi) is 9.39. The van der Waals surface area contributed by atoms with Crippen LogP contribution in [-0.2, 0) is 20.9 Å². The first-order valence-electron chi connectivity index (χ1n) is 14.0. The van der Waals surface area contributed by atoms with E-state index >= 15 is 0 Å². The summed E-state index contributed by atoms with van der Waals surface area (Å²) in [5, 5.41) is 11.4. The van der Waals surface area contributed by atoms with Gasteiger partial charge in [0.25, 0.3) is 5.78 Å². The molecule has 1 aliphatic rings. The summed E-state index contributed by atoms with van der Waals surface area (Å²) >= 11 is 0.878. The number of nitrogens with zero attached hydrogens (tertiary/aromatic N) is 2. The van der Waals surface area contributed by atoms with E-state index in [2.05, 4.69) is 11.6 Å². The van der Waals surface area contributed by atoms with Crippen LogP contribution in [-0.4, -0.2) is 41.0 Å². The van der Waals surface area contributed by atoms with Gasteiger partial charge in [-0.05, 0) is 61.4 Å². The van der Waals surface area contributed by atoms with Crippen LogP contribution in [0.1, 0.15) is 45.0 Å². The highest BCUT2D eigenvalue weighted by atomic mass is 32.1. The second-order valence-electron chi connectivity index (χ2n) is 9.89. The van der Waals surface area contributed by atoms with Crippen molar-refractivity contribution in [1.82, 2.24) is 4.98 Å². The number of amides is 1. The van der Waals surface area contributed by atoms with Crippen LogP contribution in [0.15, 0.2) is 91.0 Å².